The Morgan fingerprint density at radius 3 is 2.94 bits per heavy atom. The molecule has 1 unspecified atom stereocenters. The molecule has 0 radical (unpaired) electrons. The Labute approximate surface area is 102 Å². The Hall–Kier alpha value is -1.61. The summed E-state index contributed by atoms with van der Waals surface area (Å²) >= 11 is 0. The molecule has 2 rings (SSSR count). The van der Waals surface area contributed by atoms with Crippen LogP contribution in [0.5, 0.6) is 0 Å². The van der Waals surface area contributed by atoms with Crippen LogP contribution in [-0.2, 0) is 6.54 Å². The molecular formula is C14H18N2O. The predicted molar refractivity (Wildman–Crippen MR) is 67.8 cm³/mol. The topological polar surface area (TPSA) is 38.0 Å². The third kappa shape index (κ3) is 2.56. The molecule has 90 valence electrons. The first-order valence-electron chi connectivity index (χ1n) is 5.98. The van der Waals surface area contributed by atoms with E-state index in [2.05, 4.69) is 11.9 Å². The van der Waals surface area contributed by atoms with Crippen LogP contribution in [-0.4, -0.2) is 14.7 Å². The predicted octanol–water partition coefficient (Wildman–Crippen LogP) is 2.68. The fourth-order valence-electron chi connectivity index (χ4n) is 1.99. The van der Waals surface area contributed by atoms with Gasteiger partial charge in [0.15, 0.2) is 0 Å². The van der Waals surface area contributed by atoms with Crippen molar-refractivity contribution in [3.63, 3.8) is 0 Å². The van der Waals surface area contributed by atoms with Gasteiger partial charge in [-0.2, -0.15) is 0 Å². The van der Waals surface area contributed by atoms with Gasteiger partial charge < -0.3 is 9.67 Å². The molecule has 0 aliphatic heterocycles. The highest BCUT2D eigenvalue weighted by Crippen LogP contribution is 2.21. The Morgan fingerprint density at radius 1 is 1.41 bits per heavy atom. The number of rotatable bonds is 4. The Kier molecular flexibility index (Phi) is 3.59. The van der Waals surface area contributed by atoms with E-state index in [0.29, 0.717) is 0 Å². The number of imidazole rings is 1. The van der Waals surface area contributed by atoms with Gasteiger partial charge >= 0.3 is 0 Å². The van der Waals surface area contributed by atoms with Gasteiger partial charge in [0.2, 0.25) is 0 Å². The van der Waals surface area contributed by atoms with Crippen LogP contribution >= 0.6 is 0 Å². The third-order valence-corrected chi connectivity index (χ3v) is 2.81. The molecule has 0 aliphatic rings. The molecule has 0 saturated carbocycles. The average Bonchev–Trinajstić information content (AvgIpc) is 2.77. The maximum absolute atomic E-state index is 10.3. The van der Waals surface area contributed by atoms with Gasteiger partial charge in [-0.3, -0.25) is 0 Å². The first kappa shape index (κ1) is 11.9. The van der Waals surface area contributed by atoms with Crippen LogP contribution in [0.1, 0.15) is 36.4 Å². The number of aliphatic hydroxyl groups excluding tert-OH is 1. The smallest absolute Gasteiger partial charge is 0.142 e. The van der Waals surface area contributed by atoms with Crippen LogP contribution in [0.25, 0.3) is 0 Å². The monoisotopic (exact) mass is 230 g/mol. The van der Waals surface area contributed by atoms with Crippen molar-refractivity contribution in [1.82, 2.24) is 9.55 Å². The van der Waals surface area contributed by atoms with E-state index in [-0.39, 0.29) is 0 Å². The van der Waals surface area contributed by atoms with Crippen molar-refractivity contribution in [2.45, 2.75) is 32.9 Å². The molecule has 1 heterocycles. The van der Waals surface area contributed by atoms with E-state index in [0.717, 1.165) is 29.9 Å². The van der Waals surface area contributed by atoms with E-state index in [9.17, 15) is 5.11 Å². The second-order valence-electron chi connectivity index (χ2n) is 4.30. The molecule has 1 atom stereocenters. The zero-order chi connectivity index (χ0) is 12.3. The van der Waals surface area contributed by atoms with Gasteiger partial charge in [-0.25, -0.2) is 4.98 Å². The second kappa shape index (κ2) is 5.15. The van der Waals surface area contributed by atoms with Crippen molar-refractivity contribution in [2.24, 2.45) is 0 Å². The maximum Gasteiger partial charge on any atom is 0.142 e. The summed E-state index contributed by atoms with van der Waals surface area (Å²) in [6, 6.07) is 7.91. The molecule has 1 aromatic carbocycles. The Bertz CT molecular complexity index is 490. The van der Waals surface area contributed by atoms with Crippen molar-refractivity contribution >= 4 is 0 Å². The van der Waals surface area contributed by atoms with Crippen LogP contribution in [0.3, 0.4) is 0 Å². The summed E-state index contributed by atoms with van der Waals surface area (Å²) in [5.41, 5.74) is 2.05. The van der Waals surface area contributed by atoms with Crippen molar-refractivity contribution in [3.05, 3.63) is 53.6 Å². The van der Waals surface area contributed by atoms with Crippen molar-refractivity contribution in [3.8, 4) is 0 Å². The van der Waals surface area contributed by atoms with Crippen LogP contribution in [0.2, 0.25) is 0 Å². The second-order valence-corrected chi connectivity index (χ2v) is 4.30. The normalized spacial score (nSPS) is 12.6. The Morgan fingerprint density at radius 2 is 2.24 bits per heavy atom. The quantitative estimate of drug-likeness (QED) is 0.877. The van der Waals surface area contributed by atoms with E-state index >= 15 is 0 Å². The molecule has 1 N–H and O–H groups in total. The zero-order valence-corrected chi connectivity index (χ0v) is 10.3. The standard InChI is InChI=1S/C14H18N2O/c1-3-8-16-9-7-15-14(16)13(17)12-6-4-5-11(2)10-12/h4-7,9-10,13,17H,3,8H2,1-2H3. The van der Waals surface area contributed by atoms with E-state index in [4.69, 9.17) is 0 Å². The molecular weight excluding hydrogens is 212 g/mol. The molecule has 0 fully saturated rings. The number of aromatic nitrogens is 2. The number of benzene rings is 1. The molecule has 0 saturated heterocycles. The van der Waals surface area contributed by atoms with Crippen LogP contribution < -0.4 is 0 Å². The highest BCUT2D eigenvalue weighted by molar-refractivity contribution is 5.27. The SMILES string of the molecule is CCCn1ccnc1C(O)c1cccc(C)c1. The molecule has 3 heteroatoms. The van der Waals surface area contributed by atoms with Crippen molar-refractivity contribution in [1.29, 1.82) is 0 Å². The van der Waals surface area contributed by atoms with Gasteiger partial charge in [0.25, 0.3) is 0 Å². The van der Waals surface area contributed by atoms with Gasteiger partial charge in [0, 0.05) is 18.9 Å². The highest BCUT2D eigenvalue weighted by atomic mass is 16.3. The van der Waals surface area contributed by atoms with Gasteiger partial charge in [0.1, 0.15) is 11.9 Å². The molecule has 0 bridgehead atoms. The highest BCUT2D eigenvalue weighted by Gasteiger charge is 2.15. The number of aliphatic hydroxyl groups is 1. The average molecular weight is 230 g/mol. The van der Waals surface area contributed by atoms with Gasteiger partial charge in [-0.05, 0) is 18.9 Å². The summed E-state index contributed by atoms with van der Waals surface area (Å²) in [6.45, 7) is 5.02. The summed E-state index contributed by atoms with van der Waals surface area (Å²) in [5, 5.41) is 10.3. The van der Waals surface area contributed by atoms with Crippen LogP contribution in [0.4, 0.5) is 0 Å². The lowest BCUT2D eigenvalue weighted by Gasteiger charge is -2.13. The van der Waals surface area contributed by atoms with Crippen LogP contribution in [0.15, 0.2) is 36.7 Å². The molecule has 0 amide bonds. The molecule has 0 aliphatic carbocycles. The summed E-state index contributed by atoms with van der Waals surface area (Å²) in [5.74, 6) is 0.720. The van der Waals surface area contributed by atoms with Gasteiger partial charge in [-0.1, -0.05) is 36.8 Å². The minimum absolute atomic E-state index is 0.642. The van der Waals surface area contributed by atoms with E-state index in [1.165, 1.54) is 0 Å². The summed E-state index contributed by atoms with van der Waals surface area (Å²) < 4.78 is 2.01. The van der Waals surface area contributed by atoms with Gasteiger partial charge in [0.05, 0.1) is 0 Å². The zero-order valence-electron chi connectivity index (χ0n) is 10.3. The summed E-state index contributed by atoms with van der Waals surface area (Å²) in [7, 11) is 0. The lowest BCUT2D eigenvalue weighted by atomic mass is 10.1. The van der Waals surface area contributed by atoms with Crippen LogP contribution in [0, 0.1) is 6.92 Å². The first-order valence-corrected chi connectivity index (χ1v) is 5.98. The number of hydrogen-bond acceptors (Lipinski definition) is 2. The molecule has 3 nitrogen and oxygen atoms in total. The number of hydrogen-bond donors (Lipinski definition) is 1. The van der Waals surface area contributed by atoms with Gasteiger partial charge in [-0.15, -0.1) is 0 Å². The number of nitrogens with zero attached hydrogens (tertiary/aromatic N) is 2. The minimum Gasteiger partial charge on any atom is -0.380 e. The molecule has 1 aromatic heterocycles. The Balaban J connectivity index is 2.30. The minimum atomic E-state index is -0.642. The van der Waals surface area contributed by atoms with E-state index < -0.39 is 6.10 Å². The van der Waals surface area contributed by atoms with Crippen molar-refractivity contribution in [2.75, 3.05) is 0 Å². The lowest BCUT2D eigenvalue weighted by molar-refractivity contribution is 0.204. The lowest BCUT2D eigenvalue weighted by Crippen LogP contribution is -2.09. The maximum atomic E-state index is 10.3. The van der Waals surface area contributed by atoms with Crippen molar-refractivity contribution < 1.29 is 5.11 Å². The molecule has 2 aromatic rings. The molecule has 0 spiro atoms. The van der Waals surface area contributed by atoms with E-state index in [1.54, 1.807) is 6.20 Å². The van der Waals surface area contributed by atoms with E-state index in [1.807, 2.05) is 42.0 Å². The first-order chi connectivity index (χ1) is 8.22. The number of aryl methyl sites for hydroxylation is 2. The molecule has 17 heavy (non-hydrogen) atoms. The fourth-order valence-corrected chi connectivity index (χ4v) is 1.99. The fraction of sp³-hybridized carbons (Fsp3) is 0.357. The third-order valence-electron chi connectivity index (χ3n) is 2.81. The largest absolute Gasteiger partial charge is 0.380 e. The summed E-state index contributed by atoms with van der Waals surface area (Å²) in [6.07, 6.45) is 4.04. The summed E-state index contributed by atoms with van der Waals surface area (Å²) in [4.78, 5) is 4.25.